The van der Waals surface area contributed by atoms with E-state index in [4.69, 9.17) is 11.6 Å². The van der Waals surface area contributed by atoms with E-state index < -0.39 is 0 Å². The molecular formula is C11H10ClN3. The first-order valence-electron chi connectivity index (χ1n) is 4.56. The zero-order chi connectivity index (χ0) is 10.7. The second kappa shape index (κ2) is 4.28. The average molecular weight is 220 g/mol. The molecule has 2 rings (SSSR count). The van der Waals surface area contributed by atoms with Crippen molar-refractivity contribution in [1.82, 2.24) is 9.97 Å². The Hall–Kier alpha value is -1.61. The highest BCUT2D eigenvalue weighted by atomic mass is 35.5. The van der Waals surface area contributed by atoms with Gasteiger partial charge in [0.05, 0.1) is 5.02 Å². The molecule has 0 saturated carbocycles. The standard InChI is InChI=1S/C11H10ClN3/c1-13-11-10(14-6-7-15-11)8-4-2-3-5-9(8)12/h2-7H,1H3,(H,13,15). The maximum atomic E-state index is 6.09. The van der Waals surface area contributed by atoms with Gasteiger partial charge in [0, 0.05) is 25.0 Å². The van der Waals surface area contributed by atoms with Crippen molar-refractivity contribution < 1.29 is 0 Å². The minimum absolute atomic E-state index is 0.675. The number of rotatable bonds is 2. The van der Waals surface area contributed by atoms with Crippen LogP contribution in [0, 0.1) is 0 Å². The first-order valence-corrected chi connectivity index (χ1v) is 4.94. The first-order chi connectivity index (χ1) is 7.33. The van der Waals surface area contributed by atoms with Crippen LogP contribution in [-0.2, 0) is 0 Å². The summed E-state index contributed by atoms with van der Waals surface area (Å²) in [4.78, 5) is 8.45. The van der Waals surface area contributed by atoms with Crippen molar-refractivity contribution in [3.8, 4) is 11.3 Å². The van der Waals surface area contributed by atoms with Gasteiger partial charge in [0.15, 0.2) is 5.82 Å². The van der Waals surface area contributed by atoms with E-state index in [0.717, 1.165) is 17.1 Å². The second-order valence-electron chi connectivity index (χ2n) is 2.98. The highest BCUT2D eigenvalue weighted by molar-refractivity contribution is 6.33. The summed E-state index contributed by atoms with van der Waals surface area (Å²) in [7, 11) is 1.81. The Morgan fingerprint density at radius 1 is 1.13 bits per heavy atom. The molecule has 0 amide bonds. The minimum atomic E-state index is 0.675. The predicted molar refractivity (Wildman–Crippen MR) is 62.0 cm³/mol. The van der Waals surface area contributed by atoms with Gasteiger partial charge in [-0.1, -0.05) is 29.8 Å². The van der Waals surface area contributed by atoms with Crippen molar-refractivity contribution in [2.24, 2.45) is 0 Å². The summed E-state index contributed by atoms with van der Waals surface area (Å²) in [5.74, 6) is 0.727. The summed E-state index contributed by atoms with van der Waals surface area (Å²) in [6, 6.07) is 7.58. The third-order valence-corrected chi connectivity index (χ3v) is 2.39. The van der Waals surface area contributed by atoms with Crippen LogP contribution < -0.4 is 5.32 Å². The molecule has 1 heterocycles. The SMILES string of the molecule is CNc1nccnc1-c1ccccc1Cl. The predicted octanol–water partition coefficient (Wildman–Crippen LogP) is 2.84. The van der Waals surface area contributed by atoms with Crippen molar-refractivity contribution in [2.45, 2.75) is 0 Å². The maximum absolute atomic E-state index is 6.09. The van der Waals surface area contributed by atoms with Crippen LogP contribution in [0.25, 0.3) is 11.3 Å². The molecule has 0 saturated heterocycles. The average Bonchev–Trinajstić information content (AvgIpc) is 2.30. The smallest absolute Gasteiger partial charge is 0.152 e. The lowest BCUT2D eigenvalue weighted by Crippen LogP contribution is -1.97. The van der Waals surface area contributed by atoms with E-state index in [-0.39, 0.29) is 0 Å². The van der Waals surface area contributed by atoms with Gasteiger partial charge in [-0.3, -0.25) is 4.98 Å². The summed E-state index contributed by atoms with van der Waals surface area (Å²) < 4.78 is 0. The monoisotopic (exact) mass is 219 g/mol. The molecule has 15 heavy (non-hydrogen) atoms. The molecule has 1 N–H and O–H groups in total. The van der Waals surface area contributed by atoms with Gasteiger partial charge in [0.1, 0.15) is 5.69 Å². The lowest BCUT2D eigenvalue weighted by atomic mass is 10.1. The third kappa shape index (κ3) is 1.92. The van der Waals surface area contributed by atoms with Crippen LogP contribution in [0.4, 0.5) is 5.82 Å². The Balaban J connectivity index is 2.59. The van der Waals surface area contributed by atoms with Crippen LogP contribution >= 0.6 is 11.6 Å². The molecule has 1 aromatic carbocycles. The van der Waals surface area contributed by atoms with Crippen LogP contribution in [0.1, 0.15) is 0 Å². The van der Waals surface area contributed by atoms with E-state index in [1.165, 1.54) is 0 Å². The number of anilines is 1. The molecule has 0 aliphatic heterocycles. The van der Waals surface area contributed by atoms with Crippen molar-refractivity contribution in [2.75, 3.05) is 12.4 Å². The van der Waals surface area contributed by atoms with Gasteiger partial charge < -0.3 is 5.32 Å². The number of nitrogens with zero attached hydrogens (tertiary/aromatic N) is 2. The van der Waals surface area contributed by atoms with E-state index in [1.807, 2.05) is 31.3 Å². The van der Waals surface area contributed by atoms with Gasteiger partial charge in [-0.05, 0) is 6.07 Å². The second-order valence-corrected chi connectivity index (χ2v) is 3.39. The molecule has 0 aliphatic carbocycles. The largest absolute Gasteiger partial charge is 0.371 e. The summed E-state index contributed by atoms with van der Waals surface area (Å²) in [6.07, 6.45) is 3.30. The molecule has 0 atom stereocenters. The molecule has 1 aromatic heterocycles. The molecular weight excluding hydrogens is 210 g/mol. The van der Waals surface area contributed by atoms with Gasteiger partial charge in [-0.2, -0.15) is 0 Å². The topological polar surface area (TPSA) is 37.8 Å². The lowest BCUT2D eigenvalue weighted by molar-refractivity contribution is 1.19. The molecule has 0 radical (unpaired) electrons. The van der Waals surface area contributed by atoms with E-state index in [9.17, 15) is 0 Å². The van der Waals surface area contributed by atoms with Crippen molar-refractivity contribution in [1.29, 1.82) is 0 Å². The molecule has 4 heteroatoms. The molecule has 76 valence electrons. The van der Waals surface area contributed by atoms with Crippen LogP contribution in [0.2, 0.25) is 5.02 Å². The highest BCUT2D eigenvalue weighted by Gasteiger charge is 2.08. The summed E-state index contributed by atoms with van der Waals surface area (Å²) in [6.45, 7) is 0. The van der Waals surface area contributed by atoms with Crippen molar-refractivity contribution in [3.63, 3.8) is 0 Å². The number of aromatic nitrogens is 2. The number of benzene rings is 1. The van der Waals surface area contributed by atoms with E-state index >= 15 is 0 Å². The fraction of sp³-hybridized carbons (Fsp3) is 0.0909. The van der Waals surface area contributed by atoms with Crippen LogP contribution in [0.5, 0.6) is 0 Å². The van der Waals surface area contributed by atoms with Gasteiger partial charge in [-0.15, -0.1) is 0 Å². The zero-order valence-corrected chi connectivity index (χ0v) is 8.99. The third-order valence-electron chi connectivity index (χ3n) is 2.06. The Morgan fingerprint density at radius 3 is 2.60 bits per heavy atom. The number of hydrogen-bond donors (Lipinski definition) is 1. The fourth-order valence-electron chi connectivity index (χ4n) is 1.37. The first kappa shape index (κ1) is 9.93. The normalized spacial score (nSPS) is 10.0. The number of halogens is 1. The molecule has 0 aliphatic rings. The van der Waals surface area contributed by atoms with E-state index in [1.54, 1.807) is 12.4 Å². The van der Waals surface area contributed by atoms with Crippen LogP contribution in [0.3, 0.4) is 0 Å². The number of hydrogen-bond acceptors (Lipinski definition) is 3. The number of nitrogens with one attached hydrogen (secondary N) is 1. The quantitative estimate of drug-likeness (QED) is 0.844. The Bertz CT molecular complexity index is 471. The van der Waals surface area contributed by atoms with E-state index in [0.29, 0.717) is 5.02 Å². The van der Waals surface area contributed by atoms with Crippen LogP contribution in [0.15, 0.2) is 36.7 Å². The highest BCUT2D eigenvalue weighted by Crippen LogP contribution is 2.29. The van der Waals surface area contributed by atoms with Crippen LogP contribution in [-0.4, -0.2) is 17.0 Å². The summed E-state index contributed by atoms with van der Waals surface area (Å²) >= 11 is 6.09. The maximum Gasteiger partial charge on any atom is 0.152 e. The van der Waals surface area contributed by atoms with Gasteiger partial charge >= 0.3 is 0 Å². The molecule has 2 aromatic rings. The van der Waals surface area contributed by atoms with Crippen molar-refractivity contribution >= 4 is 17.4 Å². The van der Waals surface area contributed by atoms with Gasteiger partial charge in [0.25, 0.3) is 0 Å². The Morgan fingerprint density at radius 2 is 1.87 bits per heavy atom. The molecule has 0 spiro atoms. The van der Waals surface area contributed by atoms with Crippen molar-refractivity contribution in [3.05, 3.63) is 41.7 Å². The Labute approximate surface area is 93.1 Å². The fourth-order valence-corrected chi connectivity index (χ4v) is 1.60. The molecule has 0 fully saturated rings. The zero-order valence-electron chi connectivity index (χ0n) is 8.24. The summed E-state index contributed by atoms with van der Waals surface area (Å²) in [5, 5.41) is 3.66. The minimum Gasteiger partial charge on any atom is -0.371 e. The molecule has 0 bridgehead atoms. The molecule has 3 nitrogen and oxygen atoms in total. The van der Waals surface area contributed by atoms with Gasteiger partial charge in [-0.25, -0.2) is 4.98 Å². The molecule has 0 unspecified atom stereocenters. The Kier molecular flexibility index (Phi) is 2.83. The lowest BCUT2D eigenvalue weighted by Gasteiger charge is -2.07. The van der Waals surface area contributed by atoms with E-state index in [2.05, 4.69) is 15.3 Å². The van der Waals surface area contributed by atoms with Gasteiger partial charge in [0.2, 0.25) is 0 Å². The summed E-state index contributed by atoms with van der Waals surface area (Å²) in [5.41, 5.74) is 1.65.